The summed E-state index contributed by atoms with van der Waals surface area (Å²) in [6, 6.07) is 14.8. The van der Waals surface area contributed by atoms with Crippen LogP contribution in [0.15, 0.2) is 60.9 Å². The molecule has 5 aromatic rings. The third-order valence-electron chi connectivity index (χ3n) is 6.84. The van der Waals surface area contributed by atoms with E-state index in [4.69, 9.17) is 26.1 Å². The SMILES string of the molecule is COC1CCC(c2nc3c(cnc4[nH]cc(C(O)c5ccc(Oc6ccccc6)cc5Cl)c43)[nH]2)C1. The summed E-state index contributed by atoms with van der Waals surface area (Å²) in [5.74, 6) is 2.58. The molecule has 0 aliphatic heterocycles. The summed E-state index contributed by atoms with van der Waals surface area (Å²) in [5.41, 5.74) is 3.57. The number of methoxy groups -OCH3 is 1. The van der Waals surface area contributed by atoms with E-state index < -0.39 is 6.10 Å². The smallest absolute Gasteiger partial charge is 0.139 e. The van der Waals surface area contributed by atoms with Crippen molar-refractivity contribution in [2.24, 2.45) is 0 Å². The molecule has 3 aromatic heterocycles. The van der Waals surface area contributed by atoms with Gasteiger partial charge >= 0.3 is 0 Å². The number of H-pyrrole nitrogens is 2. The van der Waals surface area contributed by atoms with Crippen LogP contribution >= 0.6 is 11.6 Å². The lowest BCUT2D eigenvalue weighted by Crippen LogP contribution is -2.04. The maximum atomic E-state index is 11.4. The number of nitrogens with zero attached hydrogens (tertiary/aromatic N) is 2. The Morgan fingerprint density at radius 2 is 1.94 bits per heavy atom. The second kappa shape index (κ2) is 9.00. The van der Waals surface area contributed by atoms with Gasteiger partial charge in [0.2, 0.25) is 0 Å². The number of aromatic amines is 2. The molecule has 2 aromatic carbocycles. The fraction of sp³-hybridized carbons (Fsp3) is 0.259. The number of benzene rings is 2. The van der Waals surface area contributed by atoms with Gasteiger partial charge in [0.05, 0.1) is 28.2 Å². The highest BCUT2D eigenvalue weighted by molar-refractivity contribution is 6.31. The van der Waals surface area contributed by atoms with Crippen molar-refractivity contribution >= 4 is 33.7 Å². The number of imidazole rings is 1. The zero-order chi connectivity index (χ0) is 23.9. The van der Waals surface area contributed by atoms with E-state index in [1.807, 2.05) is 30.3 Å². The largest absolute Gasteiger partial charge is 0.457 e. The van der Waals surface area contributed by atoms with Crippen LogP contribution in [-0.4, -0.2) is 38.3 Å². The minimum Gasteiger partial charge on any atom is -0.457 e. The number of aliphatic hydroxyl groups is 1. The lowest BCUT2D eigenvalue weighted by molar-refractivity contribution is 0.107. The Morgan fingerprint density at radius 3 is 2.71 bits per heavy atom. The molecule has 1 fully saturated rings. The van der Waals surface area contributed by atoms with Crippen molar-refractivity contribution in [3.63, 3.8) is 0 Å². The number of halogens is 1. The van der Waals surface area contributed by atoms with E-state index >= 15 is 0 Å². The normalized spacial score (nSPS) is 18.9. The average molecular weight is 489 g/mol. The molecule has 1 aliphatic rings. The molecule has 0 saturated heterocycles. The van der Waals surface area contributed by atoms with E-state index in [0.717, 1.165) is 47.3 Å². The molecule has 0 bridgehead atoms. The first-order valence-electron chi connectivity index (χ1n) is 11.7. The van der Waals surface area contributed by atoms with E-state index in [2.05, 4.69) is 15.0 Å². The standard InChI is InChI=1S/C27H25ClN4O3/c1-34-17-8-7-15(11-17)26-31-22-14-30-27-23(24(22)32-26)20(13-29-27)25(33)19-10-9-18(12-21(19)28)35-16-5-3-2-4-6-16/h2-6,9-10,12-15,17,25,33H,7-8,11H2,1H3,(H,29,30)(H,31,32). The summed E-state index contributed by atoms with van der Waals surface area (Å²) in [6.45, 7) is 0. The molecule has 3 atom stereocenters. The summed E-state index contributed by atoms with van der Waals surface area (Å²) in [4.78, 5) is 16.1. The van der Waals surface area contributed by atoms with Gasteiger partial charge in [-0.2, -0.15) is 0 Å². The van der Waals surface area contributed by atoms with Gasteiger partial charge < -0.3 is 24.5 Å². The Kier molecular flexibility index (Phi) is 5.68. The molecule has 1 aliphatic carbocycles. The second-order valence-corrected chi connectivity index (χ2v) is 9.39. The van der Waals surface area contributed by atoms with E-state index in [1.54, 1.807) is 37.7 Å². The van der Waals surface area contributed by atoms with Crippen LogP contribution in [0.2, 0.25) is 5.02 Å². The summed E-state index contributed by atoms with van der Waals surface area (Å²) in [6.07, 6.45) is 5.88. The van der Waals surface area contributed by atoms with Gasteiger partial charge in [-0.05, 0) is 43.5 Å². The van der Waals surface area contributed by atoms with Crippen LogP contribution < -0.4 is 4.74 Å². The van der Waals surface area contributed by atoms with Crippen LogP contribution in [0.5, 0.6) is 11.5 Å². The zero-order valence-electron chi connectivity index (χ0n) is 19.2. The molecule has 6 rings (SSSR count). The van der Waals surface area contributed by atoms with E-state index in [9.17, 15) is 5.11 Å². The molecule has 0 radical (unpaired) electrons. The Labute approximate surface area is 207 Å². The van der Waals surface area contributed by atoms with Gasteiger partial charge in [-0.15, -0.1) is 0 Å². The van der Waals surface area contributed by atoms with Crippen LogP contribution in [0.1, 0.15) is 48.2 Å². The fourth-order valence-electron chi connectivity index (χ4n) is 4.99. The molecule has 7 nitrogen and oxygen atoms in total. The minimum absolute atomic E-state index is 0.270. The molecule has 3 N–H and O–H groups in total. The highest BCUT2D eigenvalue weighted by Gasteiger charge is 2.29. The topological polar surface area (TPSA) is 96.1 Å². The molecular formula is C27H25ClN4O3. The number of para-hydroxylation sites is 1. The quantitative estimate of drug-likeness (QED) is 0.262. The third kappa shape index (κ3) is 4.05. The van der Waals surface area contributed by atoms with Crippen LogP contribution in [0, 0.1) is 0 Å². The molecule has 35 heavy (non-hydrogen) atoms. The summed E-state index contributed by atoms with van der Waals surface area (Å²) < 4.78 is 11.4. The molecule has 0 amide bonds. The third-order valence-corrected chi connectivity index (χ3v) is 7.17. The maximum Gasteiger partial charge on any atom is 0.139 e. The van der Waals surface area contributed by atoms with Crippen LogP contribution in [0.3, 0.4) is 0 Å². The summed E-state index contributed by atoms with van der Waals surface area (Å²) >= 11 is 6.59. The van der Waals surface area contributed by atoms with Crippen molar-refractivity contribution in [1.82, 2.24) is 19.9 Å². The van der Waals surface area contributed by atoms with E-state index in [1.165, 1.54) is 0 Å². The van der Waals surface area contributed by atoms with Crippen molar-refractivity contribution in [1.29, 1.82) is 0 Å². The molecule has 1 saturated carbocycles. The molecule has 3 heterocycles. The average Bonchev–Trinajstić information content (AvgIpc) is 3.61. The Hall–Kier alpha value is -3.39. The van der Waals surface area contributed by atoms with Crippen molar-refractivity contribution in [2.45, 2.75) is 37.4 Å². The number of aromatic nitrogens is 4. The number of aliphatic hydroxyl groups excluding tert-OH is 1. The second-order valence-electron chi connectivity index (χ2n) is 8.98. The van der Waals surface area contributed by atoms with Crippen molar-refractivity contribution in [3.05, 3.63) is 82.9 Å². The Bertz CT molecular complexity index is 1500. The van der Waals surface area contributed by atoms with Gasteiger partial charge in [-0.1, -0.05) is 35.9 Å². The van der Waals surface area contributed by atoms with E-state index in [-0.39, 0.29) is 6.10 Å². The minimum atomic E-state index is -0.959. The molecule has 178 valence electrons. The Balaban J connectivity index is 1.34. The van der Waals surface area contributed by atoms with Gasteiger partial charge in [0, 0.05) is 30.4 Å². The predicted octanol–water partition coefficient (Wildman–Crippen LogP) is 6.25. The van der Waals surface area contributed by atoms with Crippen molar-refractivity contribution < 1.29 is 14.6 Å². The van der Waals surface area contributed by atoms with E-state index in [0.29, 0.717) is 33.5 Å². The summed E-state index contributed by atoms with van der Waals surface area (Å²) in [7, 11) is 1.76. The maximum absolute atomic E-state index is 11.4. The number of hydrogen-bond acceptors (Lipinski definition) is 5. The number of nitrogens with one attached hydrogen (secondary N) is 2. The van der Waals surface area contributed by atoms with Crippen LogP contribution in [0.25, 0.3) is 22.1 Å². The van der Waals surface area contributed by atoms with Gasteiger partial charge in [0.25, 0.3) is 0 Å². The lowest BCUT2D eigenvalue weighted by Gasteiger charge is -2.14. The van der Waals surface area contributed by atoms with Gasteiger partial charge in [-0.25, -0.2) is 9.97 Å². The molecule has 8 heteroatoms. The number of fused-ring (bicyclic) bond motifs is 3. The zero-order valence-corrected chi connectivity index (χ0v) is 19.9. The predicted molar refractivity (Wildman–Crippen MR) is 135 cm³/mol. The molecule has 3 unspecified atom stereocenters. The first kappa shape index (κ1) is 22.1. The van der Waals surface area contributed by atoms with Crippen LogP contribution in [-0.2, 0) is 4.74 Å². The molecular weight excluding hydrogens is 464 g/mol. The van der Waals surface area contributed by atoms with Gasteiger partial charge in [0.1, 0.15) is 34.6 Å². The fourth-order valence-corrected chi connectivity index (χ4v) is 5.27. The van der Waals surface area contributed by atoms with Gasteiger partial charge in [0.15, 0.2) is 0 Å². The number of ether oxygens (including phenoxy) is 2. The molecule has 0 spiro atoms. The monoisotopic (exact) mass is 488 g/mol. The number of hydrogen-bond donors (Lipinski definition) is 3. The Morgan fingerprint density at radius 1 is 1.09 bits per heavy atom. The highest BCUT2D eigenvalue weighted by atomic mass is 35.5. The van der Waals surface area contributed by atoms with Crippen molar-refractivity contribution in [2.75, 3.05) is 7.11 Å². The lowest BCUT2D eigenvalue weighted by atomic mass is 10.0. The first-order valence-corrected chi connectivity index (χ1v) is 12.1. The highest BCUT2D eigenvalue weighted by Crippen LogP contribution is 2.39. The summed E-state index contributed by atoms with van der Waals surface area (Å²) in [5, 5.41) is 12.6. The van der Waals surface area contributed by atoms with Gasteiger partial charge in [-0.3, -0.25) is 0 Å². The first-order chi connectivity index (χ1) is 17.1. The number of pyridine rings is 1. The van der Waals surface area contributed by atoms with Crippen molar-refractivity contribution in [3.8, 4) is 11.5 Å². The number of rotatable bonds is 6. The van der Waals surface area contributed by atoms with Crippen LogP contribution in [0.4, 0.5) is 0 Å².